The molecule has 2 aliphatic rings. The van der Waals surface area contributed by atoms with Crippen molar-refractivity contribution in [1.29, 1.82) is 0 Å². The van der Waals surface area contributed by atoms with Crippen LogP contribution in [0.15, 0.2) is 12.4 Å². The van der Waals surface area contributed by atoms with Crippen LogP contribution in [-0.4, -0.2) is 28.5 Å². The molecule has 3 rings (SSSR count). The van der Waals surface area contributed by atoms with E-state index in [0.29, 0.717) is 23.6 Å². The van der Waals surface area contributed by atoms with E-state index in [0.717, 1.165) is 18.7 Å². The number of anilines is 1. The summed E-state index contributed by atoms with van der Waals surface area (Å²) in [5.41, 5.74) is 1.57. The zero-order valence-corrected chi connectivity index (χ0v) is 12.2. The molecule has 1 aromatic rings. The summed E-state index contributed by atoms with van der Waals surface area (Å²) in [6.07, 6.45) is 9.66. The van der Waals surface area contributed by atoms with Crippen LogP contribution < -0.4 is 5.32 Å². The number of nitrogens with zero attached hydrogens (tertiary/aromatic N) is 2. The van der Waals surface area contributed by atoms with E-state index in [4.69, 9.17) is 4.74 Å². The molecule has 19 heavy (non-hydrogen) atoms. The molecular weight excluding hydrogens is 238 g/mol. The van der Waals surface area contributed by atoms with Crippen LogP contribution >= 0.6 is 0 Å². The first-order valence-corrected chi connectivity index (χ1v) is 7.58. The molecule has 1 heterocycles. The Morgan fingerprint density at radius 2 is 2.32 bits per heavy atom. The van der Waals surface area contributed by atoms with Gasteiger partial charge >= 0.3 is 0 Å². The molecule has 1 aromatic heterocycles. The highest BCUT2D eigenvalue weighted by Crippen LogP contribution is 2.58. The first kappa shape index (κ1) is 13.0. The summed E-state index contributed by atoms with van der Waals surface area (Å²) >= 11 is 0. The van der Waals surface area contributed by atoms with Crippen molar-refractivity contribution in [3.63, 3.8) is 0 Å². The largest absolute Gasteiger partial charge is 0.379 e. The maximum Gasteiger partial charge on any atom is 0.0728 e. The van der Waals surface area contributed by atoms with Gasteiger partial charge in [-0.05, 0) is 40.0 Å². The van der Waals surface area contributed by atoms with Crippen molar-refractivity contribution < 1.29 is 4.74 Å². The fourth-order valence-electron chi connectivity index (χ4n) is 3.54. The fraction of sp³-hybridized carbons (Fsp3) is 0.800. The second kappa shape index (κ2) is 4.82. The van der Waals surface area contributed by atoms with Gasteiger partial charge in [0.15, 0.2) is 0 Å². The van der Waals surface area contributed by atoms with Gasteiger partial charge in [0.1, 0.15) is 0 Å². The lowest BCUT2D eigenvalue weighted by Crippen LogP contribution is -2.64. The Balaban J connectivity index is 1.64. The minimum absolute atomic E-state index is 0.413. The third kappa shape index (κ3) is 2.06. The van der Waals surface area contributed by atoms with Gasteiger partial charge in [-0.1, -0.05) is 6.42 Å². The fourth-order valence-corrected chi connectivity index (χ4v) is 3.54. The van der Waals surface area contributed by atoms with Gasteiger partial charge in [-0.2, -0.15) is 5.10 Å². The van der Waals surface area contributed by atoms with Gasteiger partial charge in [0, 0.05) is 30.3 Å². The third-order valence-corrected chi connectivity index (χ3v) is 4.91. The van der Waals surface area contributed by atoms with Gasteiger partial charge in [0.25, 0.3) is 0 Å². The Kier molecular flexibility index (Phi) is 3.29. The number of ether oxygens (including phenoxy) is 1. The number of hydrogen-bond donors (Lipinski definition) is 1. The molecule has 4 heteroatoms. The Labute approximate surface area is 115 Å². The summed E-state index contributed by atoms with van der Waals surface area (Å²) in [5.74, 6) is 0. The van der Waals surface area contributed by atoms with Crippen molar-refractivity contribution in [3.05, 3.63) is 12.4 Å². The second-order valence-corrected chi connectivity index (χ2v) is 6.27. The van der Waals surface area contributed by atoms with Crippen LogP contribution in [0.3, 0.4) is 0 Å². The first-order valence-electron chi connectivity index (χ1n) is 7.58. The highest BCUT2D eigenvalue weighted by atomic mass is 16.5. The van der Waals surface area contributed by atoms with E-state index >= 15 is 0 Å². The van der Waals surface area contributed by atoms with E-state index in [1.165, 1.54) is 19.3 Å². The topological polar surface area (TPSA) is 39.1 Å². The average molecular weight is 263 g/mol. The standard InChI is InChI=1S/C15H25N3O/c1-4-19-14-8-13(15(14)6-5-7-15)17-12-9-16-18(10-12)11(2)3/h9-11,13-14,17H,4-8H2,1-3H3. The molecule has 2 atom stereocenters. The summed E-state index contributed by atoms with van der Waals surface area (Å²) in [5, 5.41) is 8.07. The van der Waals surface area contributed by atoms with Crippen molar-refractivity contribution in [2.24, 2.45) is 5.41 Å². The lowest BCUT2D eigenvalue weighted by atomic mass is 9.51. The van der Waals surface area contributed by atoms with E-state index in [-0.39, 0.29) is 0 Å². The van der Waals surface area contributed by atoms with Crippen LogP contribution in [0, 0.1) is 5.41 Å². The Hall–Kier alpha value is -1.03. The maximum atomic E-state index is 5.89. The summed E-state index contributed by atoms with van der Waals surface area (Å²) < 4.78 is 7.89. The van der Waals surface area contributed by atoms with Crippen LogP contribution in [0.2, 0.25) is 0 Å². The molecule has 0 aliphatic heterocycles. The lowest BCUT2D eigenvalue weighted by molar-refractivity contribution is -0.157. The molecular formula is C15H25N3O. The molecule has 2 saturated carbocycles. The molecule has 1 spiro atoms. The van der Waals surface area contributed by atoms with Crippen LogP contribution in [0.4, 0.5) is 5.69 Å². The Morgan fingerprint density at radius 3 is 2.84 bits per heavy atom. The minimum atomic E-state index is 0.413. The second-order valence-electron chi connectivity index (χ2n) is 6.27. The van der Waals surface area contributed by atoms with Crippen LogP contribution in [-0.2, 0) is 4.74 Å². The maximum absolute atomic E-state index is 5.89. The van der Waals surface area contributed by atoms with E-state index in [1.54, 1.807) is 0 Å². The van der Waals surface area contributed by atoms with Crippen molar-refractivity contribution in [3.8, 4) is 0 Å². The predicted octanol–water partition coefficient (Wildman–Crippen LogP) is 3.22. The molecule has 0 aromatic carbocycles. The quantitative estimate of drug-likeness (QED) is 0.886. The van der Waals surface area contributed by atoms with Gasteiger partial charge in [-0.15, -0.1) is 0 Å². The van der Waals surface area contributed by atoms with Crippen molar-refractivity contribution in [2.75, 3.05) is 11.9 Å². The third-order valence-electron chi connectivity index (χ3n) is 4.91. The monoisotopic (exact) mass is 263 g/mol. The van der Waals surface area contributed by atoms with Crippen molar-refractivity contribution in [1.82, 2.24) is 9.78 Å². The highest BCUT2D eigenvalue weighted by Gasteiger charge is 2.58. The van der Waals surface area contributed by atoms with E-state index in [1.807, 2.05) is 10.9 Å². The predicted molar refractivity (Wildman–Crippen MR) is 76.3 cm³/mol. The molecule has 1 N–H and O–H groups in total. The molecule has 0 bridgehead atoms. The Bertz CT molecular complexity index is 436. The van der Waals surface area contributed by atoms with Crippen LogP contribution in [0.5, 0.6) is 0 Å². The molecule has 0 saturated heterocycles. The first-order chi connectivity index (χ1) is 9.15. The van der Waals surface area contributed by atoms with Gasteiger partial charge in [0.2, 0.25) is 0 Å². The van der Waals surface area contributed by atoms with Crippen LogP contribution in [0.25, 0.3) is 0 Å². The number of nitrogens with one attached hydrogen (secondary N) is 1. The molecule has 2 aliphatic carbocycles. The lowest BCUT2D eigenvalue weighted by Gasteiger charge is -2.61. The zero-order valence-electron chi connectivity index (χ0n) is 12.2. The van der Waals surface area contributed by atoms with Gasteiger partial charge in [0.05, 0.1) is 18.0 Å². The van der Waals surface area contributed by atoms with Gasteiger partial charge < -0.3 is 10.1 Å². The minimum Gasteiger partial charge on any atom is -0.379 e. The van der Waals surface area contributed by atoms with Crippen molar-refractivity contribution in [2.45, 2.75) is 64.6 Å². The molecule has 2 unspecified atom stereocenters. The molecule has 106 valence electrons. The summed E-state index contributed by atoms with van der Waals surface area (Å²) in [7, 11) is 0. The number of rotatable bonds is 5. The summed E-state index contributed by atoms with van der Waals surface area (Å²) in [6, 6.07) is 0.994. The average Bonchev–Trinajstić information content (AvgIpc) is 2.74. The Morgan fingerprint density at radius 1 is 1.53 bits per heavy atom. The molecule has 2 fully saturated rings. The normalized spacial score (nSPS) is 28.2. The molecule has 4 nitrogen and oxygen atoms in total. The smallest absolute Gasteiger partial charge is 0.0728 e. The number of aromatic nitrogens is 2. The van der Waals surface area contributed by atoms with E-state index in [2.05, 4.69) is 37.4 Å². The van der Waals surface area contributed by atoms with E-state index < -0.39 is 0 Å². The highest BCUT2D eigenvalue weighted by molar-refractivity contribution is 5.42. The van der Waals surface area contributed by atoms with Crippen molar-refractivity contribution >= 4 is 5.69 Å². The number of hydrogen-bond acceptors (Lipinski definition) is 3. The van der Waals surface area contributed by atoms with E-state index in [9.17, 15) is 0 Å². The SMILES string of the molecule is CCOC1CC(Nc2cnn(C(C)C)c2)C12CCC2. The molecule has 0 amide bonds. The van der Waals surface area contributed by atoms with Gasteiger partial charge in [-0.3, -0.25) is 4.68 Å². The molecule has 0 radical (unpaired) electrons. The van der Waals surface area contributed by atoms with Crippen LogP contribution in [0.1, 0.15) is 52.5 Å². The summed E-state index contributed by atoms with van der Waals surface area (Å²) in [6.45, 7) is 7.24. The van der Waals surface area contributed by atoms with Gasteiger partial charge in [-0.25, -0.2) is 0 Å². The summed E-state index contributed by atoms with van der Waals surface area (Å²) in [4.78, 5) is 0. The zero-order chi connectivity index (χ0) is 13.5.